The maximum atomic E-state index is 10.3. The van der Waals surface area contributed by atoms with Crippen molar-refractivity contribution in [3.8, 4) is 0 Å². The molecule has 0 saturated heterocycles. The zero-order valence-electron chi connectivity index (χ0n) is 12.9. The number of nitrogens with one attached hydrogen (secondary N) is 1. The molecule has 3 aromatic rings. The van der Waals surface area contributed by atoms with Crippen LogP contribution in [0, 0.1) is 6.92 Å². The molecule has 1 heterocycles. The van der Waals surface area contributed by atoms with Crippen LogP contribution < -0.4 is 5.32 Å². The second-order valence-corrected chi connectivity index (χ2v) is 5.02. The minimum absolute atomic E-state index is 0.477. The maximum Gasteiger partial charge on any atom is 0.124 e. The number of carbonyl (C=O) groups is 1. The molecule has 2 aromatic carbocycles. The first-order valence-corrected chi connectivity index (χ1v) is 7.24. The van der Waals surface area contributed by atoms with Crippen molar-refractivity contribution < 1.29 is 4.79 Å². The van der Waals surface area contributed by atoms with E-state index in [1.807, 2.05) is 37.4 Å². The van der Waals surface area contributed by atoms with E-state index in [1.54, 1.807) is 6.20 Å². The van der Waals surface area contributed by atoms with E-state index < -0.39 is 0 Å². The molecule has 0 radical (unpaired) electrons. The zero-order chi connectivity index (χ0) is 15.8. The lowest BCUT2D eigenvalue weighted by Gasteiger charge is -1.98. The van der Waals surface area contributed by atoms with E-state index in [0.29, 0.717) is 6.42 Å². The van der Waals surface area contributed by atoms with Crippen LogP contribution in [0.25, 0.3) is 10.9 Å². The van der Waals surface area contributed by atoms with E-state index in [-0.39, 0.29) is 0 Å². The summed E-state index contributed by atoms with van der Waals surface area (Å²) in [6.45, 7) is 2.08. The smallest absolute Gasteiger partial charge is 0.124 e. The molecular formula is C19H20N2O. The summed E-state index contributed by atoms with van der Waals surface area (Å²) in [6, 6.07) is 18.1. The Bertz CT molecular complexity index is 736. The van der Waals surface area contributed by atoms with Gasteiger partial charge in [0.05, 0.1) is 5.52 Å². The van der Waals surface area contributed by atoms with Crippen LogP contribution >= 0.6 is 0 Å². The fourth-order valence-corrected chi connectivity index (χ4v) is 2.07. The third-order valence-corrected chi connectivity index (χ3v) is 3.33. The van der Waals surface area contributed by atoms with E-state index in [0.717, 1.165) is 22.8 Å². The quantitative estimate of drug-likeness (QED) is 0.742. The molecular weight excluding hydrogens is 272 g/mol. The van der Waals surface area contributed by atoms with Crippen LogP contribution in [0.5, 0.6) is 0 Å². The summed E-state index contributed by atoms with van der Waals surface area (Å²) >= 11 is 0. The fourth-order valence-electron chi connectivity index (χ4n) is 2.07. The molecule has 0 spiro atoms. The van der Waals surface area contributed by atoms with Gasteiger partial charge in [-0.3, -0.25) is 4.98 Å². The molecule has 0 fully saturated rings. The van der Waals surface area contributed by atoms with Gasteiger partial charge >= 0.3 is 0 Å². The van der Waals surface area contributed by atoms with Crippen LogP contribution in [0.3, 0.4) is 0 Å². The number of fused-ring (bicyclic) bond motifs is 1. The molecule has 3 nitrogen and oxygen atoms in total. The van der Waals surface area contributed by atoms with Gasteiger partial charge in [-0.1, -0.05) is 29.8 Å². The summed E-state index contributed by atoms with van der Waals surface area (Å²) in [7, 11) is 1.92. The Labute approximate surface area is 131 Å². The first-order chi connectivity index (χ1) is 10.7. The minimum atomic E-state index is 0.477. The van der Waals surface area contributed by atoms with Gasteiger partial charge < -0.3 is 10.1 Å². The van der Waals surface area contributed by atoms with E-state index in [1.165, 1.54) is 11.3 Å². The van der Waals surface area contributed by atoms with Gasteiger partial charge in [0.1, 0.15) is 6.29 Å². The highest BCUT2D eigenvalue weighted by Gasteiger charge is 1.95. The normalized spacial score (nSPS) is 9.73. The predicted molar refractivity (Wildman–Crippen MR) is 92.2 cm³/mol. The molecule has 0 aliphatic carbocycles. The summed E-state index contributed by atoms with van der Waals surface area (Å²) in [4.78, 5) is 14.5. The molecule has 22 heavy (non-hydrogen) atoms. The number of rotatable bonds is 3. The monoisotopic (exact) mass is 292 g/mol. The number of hydrogen-bond acceptors (Lipinski definition) is 3. The van der Waals surface area contributed by atoms with Crippen molar-refractivity contribution >= 4 is 22.9 Å². The lowest BCUT2D eigenvalue weighted by Crippen LogP contribution is -1.86. The van der Waals surface area contributed by atoms with Crippen molar-refractivity contribution in [3.63, 3.8) is 0 Å². The second kappa shape index (κ2) is 7.93. The van der Waals surface area contributed by atoms with Crippen molar-refractivity contribution in [1.29, 1.82) is 0 Å². The van der Waals surface area contributed by atoms with Crippen molar-refractivity contribution in [3.05, 3.63) is 71.9 Å². The Morgan fingerprint density at radius 3 is 2.55 bits per heavy atom. The SMILES string of the molecule is CNc1ccc(C)cc1.O=CCc1ccc2ncccc2c1. The van der Waals surface area contributed by atoms with Crippen molar-refractivity contribution in [2.75, 3.05) is 12.4 Å². The first-order valence-electron chi connectivity index (χ1n) is 7.24. The Morgan fingerprint density at radius 2 is 1.86 bits per heavy atom. The molecule has 1 aromatic heterocycles. The Hall–Kier alpha value is -2.68. The van der Waals surface area contributed by atoms with Gasteiger partial charge in [0, 0.05) is 30.7 Å². The number of pyridine rings is 1. The third kappa shape index (κ3) is 4.42. The maximum absolute atomic E-state index is 10.3. The number of aryl methyl sites for hydroxylation is 1. The number of nitrogens with zero attached hydrogens (tertiary/aromatic N) is 1. The average molecular weight is 292 g/mol. The van der Waals surface area contributed by atoms with Crippen LogP contribution in [0.2, 0.25) is 0 Å². The molecule has 0 unspecified atom stereocenters. The highest BCUT2D eigenvalue weighted by Crippen LogP contribution is 2.12. The van der Waals surface area contributed by atoms with Crippen LogP contribution in [-0.4, -0.2) is 18.3 Å². The summed E-state index contributed by atoms with van der Waals surface area (Å²) in [5.41, 5.74) is 4.47. The number of anilines is 1. The van der Waals surface area contributed by atoms with Gasteiger partial charge in [-0.2, -0.15) is 0 Å². The number of aromatic nitrogens is 1. The molecule has 0 aliphatic rings. The number of carbonyl (C=O) groups excluding carboxylic acids is 1. The Morgan fingerprint density at radius 1 is 1.09 bits per heavy atom. The predicted octanol–water partition coefficient (Wildman–Crippen LogP) is 4.01. The summed E-state index contributed by atoms with van der Waals surface area (Å²) in [5.74, 6) is 0. The van der Waals surface area contributed by atoms with E-state index in [9.17, 15) is 4.79 Å². The fraction of sp³-hybridized carbons (Fsp3) is 0.158. The Balaban J connectivity index is 0.000000172. The van der Waals surface area contributed by atoms with Gasteiger partial charge in [-0.05, 0) is 42.8 Å². The lowest BCUT2D eigenvalue weighted by atomic mass is 10.1. The van der Waals surface area contributed by atoms with E-state index >= 15 is 0 Å². The van der Waals surface area contributed by atoms with Crippen molar-refractivity contribution in [1.82, 2.24) is 4.98 Å². The molecule has 112 valence electrons. The lowest BCUT2D eigenvalue weighted by molar-refractivity contribution is -0.107. The van der Waals surface area contributed by atoms with Crippen molar-refractivity contribution in [2.24, 2.45) is 0 Å². The highest BCUT2D eigenvalue weighted by atomic mass is 16.1. The topological polar surface area (TPSA) is 42.0 Å². The van der Waals surface area contributed by atoms with Crippen LogP contribution in [0.4, 0.5) is 5.69 Å². The molecule has 0 amide bonds. The van der Waals surface area contributed by atoms with Crippen molar-refractivity contribution in [2.45, 2.75) is 13.3 Å². The molecule has 0 aliphatic heterocycles. The van der Waals surface area contributed by atoms with Gasteiger partial charge in [0.25, 0.3) is 0 Å². The van der Waals surface area contributed by atoms with Crippen LogP contribution in [0.1, 0.15) is 11.1 Å². The average Bonchev–Trinajstić information content (AvgIpc) is 2.56. The number of benzene rings is 2. The molecule has 0 atom stereocenters. The number of aldehydes is 1. The molecule has 0 bridgehead atoms. The first kappa shape index (κ1) is 15.7. The summed E-state index contributed by atoms with van der Waals surface area (Å²) in [5, 5.41) is 4.14. The molecule has 3 rings (SSSR count). The van der Waals surface area contributed by atoms with E-state index in [2.05, 4.69) is 41.5 Å². The molecule has 3 heteroatoms. The van der Waals surface area contributed by atoms with Gasteiger partial charge in [-0.15, -0.1) is 0 Å². The van der Waals surface area contributed by atoms with Gasteiger partial charge in [0.2, 0.25) is 0 Å². The third-order valence-electron chi connectivity index (χ3n) is 3.33. The van der Waals surface area contributed by atoms with Gasteiger partial charge in [0.15, 0.2) is 0 Å². The van der Waals surface area contributed by atoms with Gasteiger partial charge in [-0.25, -0.2) is 0 Å². The standard InChI is InChI=1S/C11H9NO.C8H11N/c13-7-5-9-3-4-11-10(8-9)2-1-6-12-11;1-7-3-5-8(9-2)6-4-7/h1-4,6-8H,5H2;3-6,9H,1-2H3. The van der Waals surface area contributed by atoms with Crippen LogP contribution in [-0.2, 0) is 11.2 Å². The second-order valence-electron chi connectivity index (χ2n) is 5.02. The Kier molecular flexibility index (Phi) is 5.66. The molecule has 1 N–H and O–H groups in total. The highest BCUT2D eigenvalue weighted by molar-refractivity contribution is 5.79. The summed E-state index contributed by atoms with van der Waals surface area (Å²) < 4.78 is 0. The minimum Gasteiger partial charge on any atom is -0.388 e. The van der Waals surface area contributed by atoms with E-state index in [4.69, 9.17) is 0 Å². The largest absolute Gasteiger partial charge is 0.388 e. The zero-order valence-corrected chi connectivity index (χ0v) is 12.9. The summed E-state index contributed by atoms with van der Waals surface area (Å²) in [6.07, 6.45) is 3.16. The molecule has 0 saturated carbocycles. The van der Waals surface area contributed by atoms with Crippen LogP contribution in [0.15, 0.2) is 60.8 Å². The number of hydrogen-bond donors (Lipinski definition) is 1.